The van der Waals surface area contributed by atoms with Crippen molar-refractivity contribution >= 4 is 17.1 Å². The van der Waals surface area contributed by atoms with Gasteiger partial charge < -0.3 is 16.0 Å². The Hall–Kier alpha value is -2.58. The van der Waals surface area contributed by atoms with Gasteiger partial charge in [-0.25, -0.2) is 4.39 Å². The van der Waals surface area contributed by atoms with Gasteiger partial charge >= 0.3 is 0 Å². The molecule has 5 heteroatoms. The summed E-state index contributed by atoms with van der Waals surface area (Å²) >= 11 is 0. The Balaban J connectivity index is 2.00. The smallest absolute Gasteiger partial charge is 0.123 e. The van der Waals surface area contributed by atoms with E-state index in [-0.39, 0.29) is 5.82 Å². The summed E-state index contributed by atoms with van der Waals surface area (Å²) in [5.74, 6) is 0.125. The summed E-state index contributed by atoms with van der Waals surface area (Å²) in [6.07, 6.45) is 2.23. The molecule has 1 aliphatic rings. The number of nitrogens with one attached hydrogen (secondary N) is 3. The van der Waals surface area contributed by atoms with Crippen molar-refractivity contribution in [3.05, 3.63) is 52.8 Å². The third-order valence-electron chi connectivity index (χ3n) is 4.74. The molecule has 1 aliphatic heterocycles. The van der Waals surface area contributed by atoms with Gasteiger partial charge in [-0.05, 0) is 73.7 Å². The van der Waals surface area contributed by atoms with Crippen LogP contribution in [0.3, 0.4) is 0 Å². The van der Waals surface area contributed by atoms with Crippen LogP contribution in [-0.2, 0) is 0 Å². The van der Waals surface area contributed by atoms with E-state index in [1.165, 1.54) is 12.1 Å². The monoisotopic (exact) mass is 338 g/mol. The highest BCUT2D eigenvalue weighted by atomic mass is 19.1. The summed E-state index contributed by atoms with van der Waals surface area (Å²) in [6.45, 7) is 3.83. The molecule has 1 heterocycles. The van der Waals surface area contributed by atoms with Crippen LogP contribution in [0.4, 0.5) is 21.5 Å². The molecular formula is C20H23FN4. The summed E-state index contributed by atoms with van der Waals surface area (Å²) in [6, 6.07) is 10.9. The van der Waals surface area contributed by atoms with Crippen LogP contribution >= 0.6 is 0 Å². The summed E-state index contributed by atoms with van der Waals surface area (Å²) < 4.78 is 13.3. The number of halogens is 1. The zero-order chi connectivity index (χ0) is 17.8. The maximum absolute atomic E-state index is 13.3. The molecular weight excluding hydrogens is 315 g/mol. The van der Waals surface area contributed by atoms with Crippen molar-refractivity contribution in [2.75, 3.05) is 30.8 Å². The highest BCUT2D eigenvalue weighted by Gasteiger charge is 2.21. The van der Waals surface area contributed by atoms with Crippen LogP contribution in [-0.4, -0.2) is 20.1 Å². The SMILES string of the molecule is CNc1c(C#N)cc(Nc2ccc(F)cc2C)cc1C1CCCNC1. The fraction of sp³-hybridized carbons (Fsp3) is 0.350. The van der Waals surface area contributed by atoms with Gasteiger partial charge in [0.15, 0.2) is 0 Å². The number of nitrogens with zero attached hydrogens (tertiary/aromatic N) is 1. The Morgan fingerprint density at radius 1 is 1.28 bits per heavy atom. The van der Waals surface area contributed by atoms with Gasteiger partial charge in [0.2, 0.25) is 0 Å². The van der Waals surface area contributed by atoms with E-state index in [1.807, 2.05) is 20.0 Å². The van der Waals surface area contributed by atoms with E-state index >= 15 is 0 Å². The fourth-order valence-corrected chi connectivity index (χ4v) is 3.47. The fourth-order valence-electron chi connectivity index (χ4n) is 3.47. The highest BCUT2D eigenvalue weighted by molar-refractivity contribution is 5.73. The number of rotatable bonds is 4. The van der Waals surface area contributed by atoms with E-state index in [2.05, 4.69) is 28.1 Å². The molecule has 0 radical (unpaired) electrons. The number of hydrogen-bond acceptors (Lipinski definition) is 4. The summed E-state index contributed by atoms with van der Waals surface area (Å²) in [4.78, 5) is 0. The molecule has 2 aromatic rings. The van der Waals surface area contributed by atoms with Gasteiger partial charge in [-0.15, -0.1) is 0 Å². The molecule has 1 unspecified atom stereocenters. The van der Waals surface area contributed by atoms with Crippen molar-refractivity contribution in [2.24, 2.45) is 0 Å². The third-order valence-corrected chi connectivity index (χ3v) is 4.74. The number of piperidine rings is 1. The van der Waals surface area contributed by atoms with Crippen LogP contribution in [0, 0.1) is 24.1 Å². The normalized spacial score (nSPS) is 17.0. The molecule has 0 saturated carbocycles. The standard InChI is InChI=1S/C20H23FN4/c1-13-8-16(21)5-6-19(13)25-17-9-15(11-22)20(23-2)18(10-17)14-4-3-7-24-12-14/h5-6,8-10,14,23-25H,3-4,7,12H2,1-2H3. The van der Waals surface area contributed by atoms with Gasteiger partial charge in [-0.1, -0.05) is 0 Å². The first kappa shape index (κ1) is 17.2. The van der Waals surface area contributed by atoms with Gasteiger partial charge in [0.25, 0.3) is 0 Å². The van der Waals surface area contributed by atoms with Gasteiger partial charge in [-0.2, -0.15) is 5.26 Å². The van der Waals surface area contributed by atoms with E-state index in [0.717, 1.165) is 54.1 Å². The lowest BCUT2D eigenvalue weighted by atomic mass is 9.88. The van der Waals surface area contributed by atoms with Gasteiger partial charge in [0.05, 0.1) is 11.3 Å². The van der Waals surface area contributed by atoms with Gasteiger partial charge in [-0.3, -0.25) is 0 Å². The van der Waals surface area contributed by atoms with Crippen molar-refractivity contribution in [2.45, 2.75) is 25.7 Å². The highest BCUT2D eigenvalue weighted by Crippen LogP contribution is 2.35. The molecule has 0 amide bonds. The molecule has 0 aromatic heterocycles. The second-order valence-electron chi connectivity index (χ2n) is 6.48. The van der Waals surface area contributed by atoms with E-state index in [1.54, 1.807) is 6.07 Å². The summed E-state index contributed by atoms with van der Waals surface area (Å²) in [7, 11) is 1.85. The molecule has 25 heavy (non-hydrogen) atoms. The molecule has 3 rings (SSSR count). The lowest BCUT2D eigenvalue weighted by Crippen LogP contribution is -2.29. The molecule has 1 atom stereocenters. The Morgan fingerprint density at radius 3 is 2.76 bits per heavy atom. The van der Waals surface area contributed by atoms with Crippen molar-refractivity contribution in [1.29, 1.82) is 5.26 Å². The number of benzene rings is 2. The quantitative estimate of drug-likeness (QED) is 0.780. The molecule has 2 aromatic carbocycles. The first-order valence-electron chi connectivity index (χ1n) is 8.62. The van der Waals surface area contributed by atoms with Crippen molar-refractivity contribution in [3.8, 4) is 6.07 Å². The maximum atomic E-state index is 13.3. The molecule has 4 nitrogen and oxygen atoms in total. The number of hydrogen-bond donors (Lipinski definition) is 3. The molecule has 3 N–H and O–H groups in total. The Morgan fingerprint density at radius 2 is 2.12 bits per heavy atom. The van der Waals surface area contributed by atoms with Crippen LogP contribution in [0.1, 0.15) is 35.4 Å². The average Bonchev–Trinajstić information content (AvgIpc) is 2.64. The van der Waals surface area contributed by atoms with Crippen molar-refractivity contribution in [1.82, 2.24) is 5.32 Å². The number of nitriles is 1. The molecule has 1 saturated heterocycles. The maximum Gasteiger partial charge on any atom is 0.123 e. The van der Waals surface area contributed by atoms with E-state index in [9.17, 15) is 9.65 Å². The first-order valence-corrected chi connectivity index (χ1v) is 8.62. The van der Waals surface area contributed by atoms with Crippen LogP contribution in [0.5, 0.6) is 0 Å². The summed E-state index contributed by atoms with van der Waals surface area (Å²) in [5.41, 5.74) is 5.19. The molecule has 130 valence electrons. The molecule has 0 bridgehead atoms. The second-order valence-corrected chi connectivity index (χ2v) is 6.48. The largest absolute Gasteiger partial charge is 0.387 e. The van der Waals surface area contributed by atoms with Crippen LogP contribution < -0.4 is 16.0 Å². The van der Waals surface area contributed by atoms with Crippen LogP contribution in [0.2, 0.25) is 0 Å². The predicted molar refractivity (Wildman–Crippen MR) is 100.0 cm³/mol. The predicted octanol–water partition coefficient (Wildman–Crippen LogP) is 4.26. The van der Waals surface area contributed by atoms with Crippen LogP contribution in [0.25, 0.3) is 0 Å². The Bertz CT molecular complexity index is 804. The van der Waals surface area contributed by atoms with E-state index in [0.29, 0.717) is 11.5 Å². The zero-order valence-electron chi connectivity index (χ0n) is 14.6. The van der Waals surface area contributed by atoms with Crippen molar-refractivity contribution < 1.29 is 4.39 Å². The minimum atomic E-state index is -0.250. The van der Waals surface area contributed by atoms with Gasteiger partial charge in [0, 0.05) is 25.0 Å². The minimum absolute atomic E-state index is 0.250. The third kappa shape index (κ3) is 3.75. The second kappa shape index (κ2) is 7.54. The van der Waals surface area contributed by atoms with Crippen molar-refractivity contribution in [3.63, 3.8) is 0 Å². The number of aryl methyl sites for hydroxylation is 1. The first-order chi connectivity index (χ1) is 12.1. The minimum Gasteiger partial charge on any atom is -0.387 e. The summed E-state index contributed by atoms with van der Waals surface area (Å²) in [5, 5.41) is 19.5. The Labute approximate surface area is 148 Å². The molecule has 0 spiro atoms. The lowest BCUT2D eigenvalue weighted by Gasteiger charge is -2.26. The molecule has 1 fully saturated rings. The van der Waals surface area contributed by atoms with E-state index < -0.39 is 0 Å². The lowest BCUT2D eigenvalue weighted by molar-refractivity contribution is 0.462. The van der Waals surface area contributed by atoms with Gasteiger partial charge in [0.1, 0.15) is 11.9 Å². The average molecular weight is 338 g/mol. The molecule has 0 aliphatic carbocycles. The van der Waals surface area contributed by atoms with Crippen LogP contribution in [0.15, 0.2) is 30.3 Å². The topological polar surface area (TPSA) is 59.9 Å². The zero-order valence-corrected chi connectivity index (χ0v) is 14.6. The van der Waals surface area contributed by atoms with E-state index in [4.69, 9.17) is 0 Å². The number of anilines is 3. The Kier molecular flexibility index (Phi) is 5.20.